The zero-order valence-electron chi connectivity index (χ0n) is 13.4. The van der Waals surface area contributed by atoms with E-state index in [4.69, 9.17) is 0 Å². The molecule has 1 aromatic carbocycles. The smallest absolute Gasteiger partial charge is 0.254 e. The highest BCUT2D eigenvalue weighted by atomic mass is 16.2. The zero-order chi connectivity index (χ0) is 14.9. The molecule has 0 fully saturated rings. The fraction of sp³-hybridized carbons (Fsp3) is 0.588. The van der Waals surface area contributed by atoms with Crippen LogP contribution in [-0.4, -0.2) is 49.4 Å². The number of rotatable bonds is 3. The summed E-state index contributed by atoms with van der Waals surface area (Å²) in [5.41, 5.74) is 3.42. The van der Waals surface area contributed by atoms with Crippen LogP contribution in [0.2, 0.25) is 0 Å². The summed E-state index contributed by atoms with van der Waals surface area (Å²) < 4.78 is 0. The molecule has 2 rings (SSSR count). The van der Waals surface area contributed by atoms with Gasteiger partial charge >= 0.3 is 0 Å². The van der Waals surface area contributed by atoms with E-state index < -0.39 is 0 Å². The molecule has 0 bridgehead atoms. The molecule has 0 aromatic heterocycles. The number of carbonyl (C=O) groups excluding carboxylic acids is 1. The van der Waals surface area contributed by atoms with Gasteiger partial charge in [-0.2, -0.15) is 0 Å². The fourth-order valence-corrected chi connectivity index (χ4v) is 2.52. The van der Waals surface area contributed by atoms with Crippen molar-refractivity contribution < 1.29 is 4.79 Å². The van der Waals surface area contributed by atoms with Crippen molar-refractivity contribution in [3.05, 3.63) is 34.9 Å². The monoisotopic (exact) mass is 274 g/mol. The number of fused-ring (bicyclic) bond motifs is 1. The molecule has 1 aliphatic heterocycles. The Balaban J connectivity index is 2.23. The second-order valence-electron chi connectivity index (χ2n) is 6.97. The SMILES string of the molecule is CN(C)CCN1CCc2ccc(C(C)(C)C)cc2C1=O. The van der Waals surface area contributed by atoms with Crippen molar-refractivity contribution in [2.24, 2.45) is 0 Å². The number of amides is 1. The summed E-state index contributed by atoms with van der Waals surface area (Å²) in [6, 6.07) is 6.40. The molecule has 1 aromatic rings. The molecule has 0 aliphatic carbocycles. The van der Waals surface area contributed by atoms with Gasteiger partial charge in [0.1, 0.15) is 0 Å². The van der Waals surface area contributed by atoms with Gasteiger partial charge in [0.25, 0.3) is 5.91 Å². The Bertz CT molecular complexity index is 500. The molecular weight excluding hydrogens is 248 g/mol. The average molecular weight is 274 g/mol. The lowest BCUT2D eigenvalue weighted by molar-refractivity contribution is 0.0729. The molecule has 1 amide bonds. The Kier molecular flexibility index (Phi) is 4.19. The molecule has 110 valence electrons. The third-order valence-corrected chi connectivity index (χ3v) is 3.96. The van der Waals surface area contributed by atoms with Gasteiger partial charge < -0.3 is 9.80 Å². The quantitative estimate of drug-likeness (QED) is 0.845. The minimum absolute atomic E-state index is 0.0845. The lowest BCUT2D eigenvalue weighted by atomic mass is 9.84. The van der Waals surface area contributed by atoms with Crippen molar-refractivity contribution in [2.75, 3.05) is 33.7 Å². The number of benzene rings is 1. The minimum Gasteiger partial charge on any atom is -0.337 e. The van der Waals surface area contributed by atoms with Gasteiger partial charge in [-0.1, -0.05) is 32.9 Å². The Morgan fingerprint density at radius 2 is 1.95 bits per heavy atom. The van der Waals surface area contributed by atoms with E-state index in [9.17, 15) is 4.79 Å². The maximum absolute atomic E-state index is 12.6. The topological polar surface area (TPSA) is 23.6 Å². The Morgan fingerprint density at radius 3 is 2.55 bits per heavy atom. The van der Waals surface area contributed by atoms with Gasteiger partial charge in [-0.3, -0.25) is 4.79 Å². The molecule has 3 heteroatoms. The van der Waals surface area contributed by atoms with E-state index in [-0.39, 0.29) is 11.3 Å². The lowest BCUT2D eigenvalue weighted by Crippen LogP contribution is -2.41. The normalized spacial score (nSPS) is 15.7. The van der Waals surface area contributed by atoms with Crippen molar-refractivity contribution >= 4 is 5.91 Å². The van der Waals surface area contributed by atoms with Gasteiger partial charge in [0, 0.05) is 25.2 Å². The predicted octanol–water partition coefficient (Wildman–Crippen LogP) is 2.54. The van der Waals surface area contributed by atoms with E-state index in [0.29, 0.717) is 0 Å². The number of nitrogens with zero attached hydrogens (tertiary/aromatic N) is 2. The van der Waals surface area contributed by atoms with E-state index in [1.165, 1.54) is 11.1 Å². The summed E-state index contributed by atoms with van der Waals surface area (Å²) in [4.78, 5) is 16.7. The first-order valence-corrected chi connectivity index (χ1v) is 7.36. The second-order valence-corrected chi connectivity index (χ2v) is 6.97. The fourth-order valence-electron chi connectivity index (χ4n) is 2.52. The summed E-state index contributed by atoms with van der Waals surface area (Å²) in [5.74, 6) is 0.194. The second kappa shape index (κ2) is 5.57. The van der Waals surface area contributed by atoms with Gasteiger partial charge in [0.05, 0.1) is 0 Å². The predicted molar refractivity (Wildman–Crippen MR) is 83.3 cm³/mol. The third kappa shape index (κ3) is 3.21. The first-order chi connectivity index (χ1) is 9.29. The zero-order valence-corrected chi connectivity index (χ0v) is 13.4. The van der Waals surface area contributed by atoms with Gasteiger partial charge in [-0.25, -0.2) is 0 Å². The molecule has 1 aliphatic rings. The van der Waals surface area contributed by atoms with Crippen LogP contribution in [0.3, 0.4) is 0 Å². The molecule has 0 saturated heterocycles. The summed E-state index contributed by atoms with van der Waals surface area (Å²) in [6.45, 7) is 9.13. The molecule has 0 unspecified atom stereocenters. The molecule has 3 nitrogen and oxygen atoms in total. The largest absolute Gasteiger partial charge is 0.337 e. The van der Waals surface area contributed by atoms with Crippen LogP contribution in [0.4, 0.5) is 0 Å². The summed E-state index contributed by atoms with van der Waals surface area (Å²) in [5, 5.41) is 0. The Morgan fingerprint density at radius 1 is 1.25 bits per heavy atom. The number of likely N-dealkylation sites (N-methyl/N-ethyl adjacent to an activating group) is 1. The molecule has 0 saturated carbocycles. The summed E-state index contributed by atoms with van der Waals surface area (Å²) >= 11 is 0. The standard InChI is InChI=1S/C17H26N2O/c1-17(2,3)14-7-6-13-8-9-19(11-10-18(4)5)16(20)15(13)12-14/h6-7,12H,8-11H2,1-5H3. The molecule has 0 spiro atoms. The highest BCUT2D eigenvalue weighted by Crippen LogP contribution is 2.27. The minimum atomic E-state index is 0.0845. The van der Waals surface area contributed by atoms with Crippen LogP contribution in [0.5, 0.6) is 0 Å². The first kappa shape index (κ1) is 15.0. The maximum atomic E-state index is 12.6. The molecule has 20 heavy (non-hydrogen) atoms. The van der Waals surface area contributed by atoms with Crippen molar-refractivity contribution in [1.29, 1.82) is 0 Å². The van der Waals surface area contributed by atoms with Crippen LogP contribution in [0.1, 0.15) is 42.3 Å². The number of hydrogen-bond donors (Lipinski definition) is 0. The molecular formula is C17H26N2O. The van der Waals surface area contributed by atoms with Gasteiger partial charge in [0.2, 0.25) is 0 Å². The van der Waals surface area contributed by atoms with Crippen LogP contribution >= 0.6 is 0 Å². The first-order valence-electron chi connectivity index (χ1n) is 7.36. The van der Waals surface area contributed by atoms with Crippen molar-refractivity contribution in [3.63, 3.8) is 0 Å². The van der Waals surface area contributed by atoms with E-state index in [2.05, 4.69) is 43.9 Å². The van der Waals surface area contributed by atoms with Crippen LogP contribution in [0.15, 0.2) is 18.2 Å². The lowest BCUT2D eigenvalue weighted by Gasteiger charge is -2.31. The van der Waals surface area contributed by atoms with Crippen molar-refractivity contribution in [1.82, 2.24) is 9.80 Å². The van der Waals surface area contributed by atoms with Gasteiger partial charge in [-0.15, -0.1) is 0 Å². The van der Waals surface area contributed by atoms with Gasteiger partial charge in [0.15, 0.2) is 0 Å². The summed E-state index contributed by atoms with van der Waals surface area (Å²) in [6.07, 6.45) is 0.971. The number of carbonyl (C=O) groups is 1. The maximum Gasteiger partial charge on any atom is 0.254 e. The van der Waals surface area contributed by atoms with Crippen molar-refractivity contribution in [2.45, 2.75) is 32.6 Å². The molecule has 1 heterocycles. The van der Waals surface area contributed by atoms with Gasteiger partial charge in [-0.05, 0) is 43.1 Å². The Hall–Kier alpha value is -1.35. The van der Waals surface area contributed by atoms with E-state index in [1.807, 2.05) is 19.0 Å². The van der Waals surface area contributed by atoms with Crippen molar-refractivity contribution in [3.8, 4) is 0 Å². The highest BCUT2D eigenvalue weighted by Gasteiger charge is 2.26. The molecule has 0 atom stereocenters. The Labute approximate surface area is 122 Å². The average Bonchev–Trinajstić information content (AvgIpc) is 2.36. The highest BCUT2D eigenvalue weighted by molar-refractivity contribution is 5.97. The van der Waals surface area contributed by atoms with E-state index >= 15 is 0 Å². The summed E-state index contributed by atoms with van der Waals surface area (Å²) in [7, 11) is 4.08. The van der Waals surface area contributed by atoms with Crippen LogP contribution < -0.4 is 0 Å². The number of hydrogen-bond acceptors (Lipinski definition) is 2. The molecule has 0 N–H and O–H groups in total. The third-order valence-electron chi connectivity index (χ3n) is 3.96. The van der Waals surface area contributed by atoms with Crippen LogP contribution in [-0.2, 0) is 11.8 Å². The van der Waals surface area contributed by atoms with Crippen LogP contribution in [0.25, 0.3) is 0 Å². The van der Waals surface area contributed by atoms with E-state index in [1.54, 1.807) is 0 Å². The van der Waals surface area contributed by atoms with Crippen LogP contribution in [0, 0.1) is 0 Å². The van der Waals surface area contributed by atoms with E-state index in [0.717, 1.165) is 31.6 Å². The molecule has 0 radical (unpaired) electrons.